The van der Waals surface area contributed by atoms with Crippen LogP contribution in [0, 0.1) is 0 Å². The van der Waals surface area contributed by atoms with E-state index in [9.17, 15) is 13.5 Å². The number of hydrogen-bond donors (Lipinski definition) is 2. The molecule has 3 aromatic rings. The Labute approximate surface area is 156 Å². The molecule has 3 N–H and O–H groups in total. The van der Waals surface area contributed by atoms with Crippen molar-refractivity contribution in [1.29, 1.82) is 0 Å². The van der Waals surface area contributed by atoms with E-state index in [0.29, 0.717) is 0 Å². The third kappa shape index (κ3) is 4.46. The number of aromatic nitrogens is 1. The Bertz CT molecular complexity index is 1070. The lowest BCUT2D eigenvalue weighted by Gasteiger charge is -2.19. The van der Waals surface area contributed by atoms with Crippen LogP contribution >= 0.6 is 0 Å². The first-order valence-corrected chi connectivity index (χ1v) is 9.41. The van der Waals surface area contributed by atoms with Gasteiger partial charge in [0.05, 0.1) is 0 Å². The fraction of sp³-hybridized carbons (Fsp3) is 0.0556. The van der Waals surface area contributed by atoms with Gasteiger partial charge in [-0.15, -0.1) is 10.2 Å². The zero-order valence-electron chi connectivity index (χ0n) is 14.4. The molecule has 0 radical (unpaired) electrons. The number of para-hydroxylation sites is 1. The topological polar surface area (TPSA) is 121 Å². The molecule has 9 heteroatoms. The lowest BCUT2D eigenvalue weighted by molar-refractivity contribution is 0.476. The van der Waals surface area contributed by atoms with Crippen molar-refractivity contribution in [3.63, 3.8) is 0 Å². The predicted octanol–water partition coefficient (Wildman–Crippen LogP) is 3.62. The number of hydrogen-bond acceptors (Lipinski definition) is 7. The third-order valence-electron chi connectivity index (χ3n) is 3.80. The van der Waals surface area contributed by atoms with Crippen LogP contribution in [0.2, 0.25) is 0 Å². The Hall–Kier alpha value is -3.30. The number of pyridine rings is 1. The van der Waals surface area contributed by atoms with Gasteiger partial charge >= 0.3 is 0 Å². The molecule has 3 rings (SSSR count). The summed E-state index contributed by atoms with van der Waals surface area (Å²) in [5.74, 6) is 0.146. The lowest BCUT2D eigenvalue weighted by atomic mass is 10.2. The first-order valence-electron chi connectivity index (χ1n) is 7.87. The van der Waals surface area contributed by atoms with Crippen LogP contribution in [0.3, 0.4) is 0 Å². The van der Waals surface area contributed by atoms with E-state index in [1.54, 1.807) is 18.2 Å². The molecule has 0 saturated heterocycles. The molecule has 8 nitrogen and oxygen atoms in total. The highest BCUT2D eigenvalue weighted by Crippen LogP contribution is 2.34. The Morgan fingerprint density at radius 3 is 2.33 bits per heavy atom. The molecule has 2 aromatic carbocycles. The van der Waals surface area contributed by atoms with Gasteiger partial charge in [0.1, 0.15) is 16.3 Å². The summed E-state index contributed by atoms with van der Waals surface area (Å²) in [6.45, 7) is 0. The molecule has 1 aromatic heterocycles. The normalized spacial score (nSPS) is 11.6. The average Bonchev–Trinajstić information content (AvgIpc) is 2.67. The Morgan fingerprint density at radius 2 is 1.74 bits per heavy atom. The second-order valence-electron chi connectivity index (χ2n) is 5.66. The summed E-state index contributed by atoms with van der Waals surface area (Å²) in [5, 5.41) is 23.1. The fourth-order valence-corrected chi connectivity index (χ4v) is 2.77. The second kappa shape index (κ2) is 7.52. The smallest absolute Gasteiger partial charge is 0.239 e. The number of anilines is 2. The molecule has 0 aliphatic heterocycles. The molecule has 0 amide bonds. The largest absolute Gasteiger partial charge is 0.506 e. The molecule has 0 unspecified atom stereocenters. The van der Waals surface area contributed by atoms with E-state index >= 15 is 0 Å². The fourth-order valence-electron chi connectivity index (χ4n) is 2.31. The first kappa shape index (κ1) is 18.5. The summed E-state index contributed by atoms with van der Waals surface area (Å²) < 4.78 is 22.4. The van der Waals surface area contributed by atoms with Gasteiger partial charge in [0.25, 0.3) is 0 Å². The number of primary sulfonamides is 1. The molecule has 0 atom stereocenters. The minimum atomic E-state index is -3.81. The number of nitrogens with zero attached hydrogens (tertiary/aromatic N) is 4. The molecule has 0 aliphatic rings. The maximum absolute atomic E-state index is 11.2. The third-order valence-corrected chi connectivity index (χ3v) is 4.70. The van der Waals surface area contributed by atoms with Crippen LogP contribution in [0.1, 0.15) is 0 Å². The van der Waals surface area contributed by atoms with Crippen LogP contribution in [-0.2, 0) is 10.0 Å². The van der Waals surface area contributed by atoms with Crippen molar-refractivity contribution >= 4 is 32.9 Å². The van der Waals surface area contributed by atoms with Crippen molar-refractivity contribution in [3.8, 4) is 5.75 Å². The van der Waals surface area contributed by atoms with Crippen LogP contribution < -0.4 is 10.0 Å². The molecule has 0 saturated carbocycles. The van der Waals surface area contributed by atoms with Gasteiger partial charge in [-0.3, -0.25) is 0 Å². The van der Waals surface area contributed by atoms with E-state index in [1.165, 1.54) is 12.1 Å². The Morgan fingerprint density at radius 1 is 1.00 bits per heavy atom. The first-order chi connectivity index (χ1) is 12.8. The van der Waals surface area contributed by atoms with Gasteiger partial charge in [-0.25, -0.2) is 18.5 Å². The maximum Gasteiger partial charge on any atom is 0.239 e. The molecule has 1 heterocycles. The lowest BCUT2D eigenvalue weighted by Crippen LogP contribution is -2.11. The van der Waals surface area contributed by atoms with E-state index in [1.807, 2.05) is 42.3 Å². The maximum atomic E-state index is 11.2. The minimum Gasteiger partial charge on any atom is -0.506 e. The zero-order chi connectivity index (χ0) is 19.4. The van der Waals surface area contributed by atoms with Crippen molar-refractivity contribution in [2.45, 2.75) is 4.90 Å². The van der Waals surface area contributed by atoms with Crippen LogP contribution in [0.25, 0.3) is 0 Å². The standard InChI is InChI=1S/C18H17N5O3S/c1-23(13-5-3-2-4-6-13)14-7-9-16(17(24)11-14)21-22-18-10-8-15(12-20-18)27(19,25)26/h2-12,24H,1H3,(H2,19,25,26). The summed E-state index contributed by atoms with van der Waals surface area (Å²) >= 11 is 0. The molecule has 27 heavy (non-hydrogen) atoms. The highest BCUT2D eigenvalue weighted by molar-refractivity contribution is 7.89. The molecule has 0 spiro atoms. The van der Waals surface area contributed by atoms with Crippen LogP contribution in [0.15, 0.2) is 82.0 Å². The number of benzene rings is 2. The molecular formula is C18H17N5O3S. The van der Waals surface area contributed by atoms with E-state index in [0.717, 1.165) is 17.6 Å². The number of phenolic OH excluding ortho intramolecular Hbond substituents is 1. The van der Waals surface area contributed by atoms with Gasteiger partial charge in [-0.1, -0.05) is 18.2 Å². The Kier molecular flexibility index (Phi) is 5.15. The predicted molar refractivity (Wildman–Crippen MR) is 102 cm³/mol. The van der Waals surface area contributed by atoms with Crippen LogP contribution in [-0.4, -0.2) is 25.6 Å². The van der Waals surface area contributed by atoms with Crippen molar-refractivity contribution in [2.75, 3.05) is 11.9 Å². The molecule has 0 aliphatic carbocycles. The molecule has 0 bridgehead atoms. The minimum absolute atomic E-state index is 0.0415. The van der Waals surface area contributed by atoms with Crippen LogP contribution in [0.4, 0.5) is 22.9 Å². The average molecular weight is 383 g/mol. The molecule has 138 valence electrons. The second-order valence-corrected chi connectivity index (χ2v) is 7.23. The number of nitrogens with two attached hydrogens (primary N) is 1. The van der Waals surface area contributed by atoms with E-state index in [-0.39, 0.29) is 22.2 Å². The summed E-state index contributed by atoms with van der Waals surface area (Å²) in [7, 11) is -1.92. The number of aromatic hydroxyl groups is 1. The van der Waals surface area contributed by atoms with Gasteiger partial charge < -0.3 is 10.0 Å². The summed E-state index contributed by atoms with van der Waals surface area (Å²) in [4.78, 5) is 5.68. The van der Waals surface area contributed by atoms with E-state index in [4.69, 9.17) is 5.14 Å². The van der Waals surface area contributed by atoms with Crippen molar-refractivity contribution in [3.05, 3.63) is 66.9 Å². The van der Waals surface area contributed by atoms with E-state index in [2.05, 4.69) is 15.2 Å². The molecule has 0 fully saturated rings. The van der Waals surface area contributed by atoms with Gasteiger partial charge in [0, 0.05) is 30.7 Å². The summed E-state index contributed by atoms with van der Waals surface area (Å²) in [6.07, 6.45) is 1.10. The number of phenols is 1. The monoisotopic (exact) mass is 383 g/mol. The van der Waals surface area contributed by atoms with Gasteiger partial charge in [0.2, 0.25) is 10.0 Å². The van der Waals surface area contributed by atoms with Gasteiger partial charge in [-0.2, -0.15) is 0 Å². The van der Waals surface area contributed by atoms with Crippen molar-refractivity contribution in [2.24, 2.45) is 15.4 Å². The summed E-state index contributed by atoms with van der Waals surface area (Å²) in [6, 6.07) is 17.4. The molecular weight excluding hydrogens is 366 g/mol. The zero-order valence-corrected chi connectivity index (χ0v) is 15.2. The highest BCUT2D eigenvalue weighted by atomic mass is 32.2. The quantitative estimate of drug-likeness (QED) is 0.652. The van der Waals surface area contributed by atoms with Gasteiger partial charge in [-0.05, 0) is 36.4 Å². The number of rotatable bonds is 5. The summed E-state index contributed by atoms with van der Waals surface area (Å²) in [5.41, 5.74) is 2.02. The van der Waals surface area contributed by atoms with E-state index < -0.39 is 10.0 Å². The van der Waals surface area contributed by atoms with Crippen molar-refractivity contribution < 1.29 is 13.5 Å². The van der Waals surface area contributed by atoms with Crippen LogP contribution in [0.5, 0.6) is 5.75 Å². The highest BCUT2D eigenvalue weighted by Gasteiger charge is 2.09. The number of azo groups is 1. The Balaban J connectivity index is 1.79. The van der Waals surface area contributed by atoms with Gasteiger partial charge in [0.15, 0.2) is 5.82 Å². The van der Waals surface area contributed by atoms with Crippen molar-refractivity contribution in [1.82, 2.24) is 4.98 Å². The SMILES string of the molecule is CN(c1ccccc1)c1ccc(N=Nc2ccc(S(N)(=O)=O)cn2)c(O)c1. The number of sulfonamides is 1.